The number of unbranched alkanes of at least 4 members (excludes halogenated alkanes) is 1. The van der Waals surface area contributed by atoms with Crippen molar-refractivity contribution >= 4 is 15.9 Å². The quantitative estimate of drug-likeness (QED) is 0.474. The molecule has 0 N–H and O–H groups in total. The average molecular weight is 345 g/mol. The Morgan fingerprint density at radius 2 is 1.48 bits per heavy atom. The number of halogens is 1. The van der Waals surface area contributed by atoms with E-state index in [2.05, 4.69) is 84.4 Å². The summed E-state index contributed by atoms with van der Waals surface area (Å²) in [5.41, 5.74) is 3.98. The number of rotatable bonds is 7. The topological polar surface area (TPSA) is 0 Å². The molecule has 0 nitrogen and oxygen atoms in total. The molecule has 0 aromatic heterocycles. The standard InChI is InChI=1S/C20H25Br/c1-3-5-9-16(4-2)20(21)19-14-12-18(13-15-19)17-10-7-6-8-11-17/h6-8,10-16,20H,3-5,9H2,1-2H3. The van der Waals surface area contributed by atoms with Crippen LogP contribution in [0.5, 0.6) is 0 Å². The molecule has 0 radical (unpaired) electrons. The van der Waals surface area contributed by atoms with Gasteiger partial charge in [-0.3, -0.25) is 0 Å². The first-order valence-electron chi connectivity index (χ1n) is 8.05. The molecule has 21 heavy (non-hydrogen) atoms. The third-order valence-electron chi connectivity index (χ3n) is 4.20. The summed E-state index contributed by atoms with van der Waals surface area (Å²) in [5, 5.41) is 0. The minimum Gasteiger partial charge on any atom is -0.0836 e. The third kappa shape index (κ3) is 4.44. The summed E-state index contributed by atoms with van der Waals surface area (Å²) in [7, 11) is 0. The van der Waals surface area contributed by atoms with Gasteiger partial charge < -0.3 is 0 Å². The maximum absolute atomic E-state index is 3.92. The van der Waals surface area contributed by atoms with Crippen molar-refractivity contribution in [3.63, 3.8) is 0 Å². The van der Waals surface area contributed by atoms with Crippen molar-refractivity contribution in [2.45, 2.75) is 44.4 Å². The van der Waals surface area contributed by atoms with Gasteiger partial charge in [0.15, 0.2) is 0 Å². The Hall–Kier alpha value is -1.08. The van der Waals surface area contributed by atoms with Crippen LogP contribution in [0.2, 0.25) is 0 Å². The molecule has 0 spiro atoms. The van der Waals surface area contributed by atoms with E-state index in [4.69, 9.17) is 0 Å². The van der Waals surface area contributed by atoms with E-state index in [9.17, 15) is 0 Å². The highest BCUT2D eigenvalue weighted by Gasteiger charge is 2.18. The highest BCUT2D eigenvalue weighted by atomic mass is 79.9. The fourth-order valence-electron chi connectivity index (χ4n) is 2.79. The highest BCUT2D eigenvalue weighted by molar-refractivity contribution is 9.09. The number of benzene rings is 2. The lowest BCUT2D eigenvalue weighted by atomic mass is 9.91. The summed E-state index contributed by atoms with van der Waals surface area (Å²) in [4.78, 5) is 0.471. The summed E-state index contributed by atoms with van der Waals surface area (Å²) in [6, 6.07) is 19.6. The van der Waals surface area contributed by atoms with Crippen LogP contribution in [0.3, 0.4) is 0 Å². The summed E-state index contributed by atoms with van der Waals surface area (Å²) in [6.07, 6.45) is 5.14. The van der Waals surface area contributed by atoms with E-state index < -0.39 is 0 Å². The number of hydrogen-bond donors (Lipinski definition) is 0. The zero-order valence-electron chi connectivity index (χ0n) is 13.1. The third-order valence-corrected chi connectivity index (χ3v) is 5.48. The lowest BCUT2D eigenvalue weighted by Gasteiger charge is -2.21. The van der Waals surface area contributed by atoms with Gasteiger partial charge in [-0.1, -0.05) is 104 Å². The Morgan fingerprint density at radius 1 is 0.857 bits per heavy atom. The molecule has 2 unspecified atom stereocenters. The molecule has 0 amide bonds. The molecule has 112 valence electrons. The van der Waals surface area contributed by atoms with Gasteiger partial charge in [0.05, 0.1) is 0 Å². The Labute approximate surface area is 137 Å². The van der Waals surface area contributed by atoms with E-state index in [1.807, 2.05) is 0 Å². The molecule has 2 aromatic carbocycles. The zero-order chi connectivity index (χ0) is 15.1. The van der Waals surface area contributed by atoms with Crippen LogP contribution in [-0.4, -0.2) is 0 Å². The second-order valence-corrected chi connectivity index (χ2v) is 6.69. The van der Waals surface area contributed by atoms with Gasteiger partial charge >= 0.3 is 0 Å². The molecule has 0 aliphatic rings. The molecule has 0 saturated carbocycles. The van der Waals surface area contributed by atoms with E-state index in [0.717, 1.165) is 5.92 Å². The van der Waals surface area contributed by atoms with Gasteiger partial charge in [0.25, 0.3) is 0 Å². The largest absolute Gasteiger partial charge is 0.0836 e. The van der Waals surface area contributed by atoms with Crippen LogP contribution in [0.4, 0.5) is 0 Å². The number of hydrogen-bond acceptors (Lipinski definition) is 0. The second kappa shape index (κ2) is 8.38. The number of alkyl halides is 1. The van der Waals surface area contributed by atoms with Crippen molar-refractivity contribution in [2.75, 3.05) is 0 Å². The van der Waals surface area contributed by atoms with Crippen molar-refractivity contribution in [3.8, 4) is 11.1 Å². The Balaban J connectivity index is 2.10. The van der Waals surface area contributed by atoms with Crippen molar-refractivity contribution in [1.29, 1.82) is 0 Å². The molecule has 0 heterocycles. The predicted molar refractivity (Wildman–Crippen MR) is 96.9 cm³/mol. The van der Waals surface area contributed by atoms with Gasteiger partial charge in [-0.25, -0.2) is 0 Å². The minimum atomic E-state index is 0.471. The summed E-state index contributed by atoms with van der Waals surface area (Å²) >= 11 is 3.92. The van der Waals surface area contributed by atoms with Crippen LogP contribution in [-0.2, 0) is 0 Å². The Morgan fingerprint density at radius 3 is 2.05 bits per heavy atom. The van der Waals surface area contributed by atoms with Crippen LogP contribution in [0.1, 0.15) is 49.9 Å². The maximum atomic E-state index is 3.92. The zero-order valence-corrected chi connectivity index (χ0v) is 14.6. The first-order valence-corrected chi connectivity index (χ1v) is 8.97. The van der Waals surface area contributed by atoms with Crippen molar-refractivity contribution in [2.24, 2.45) is 5.92 Å². The molecule has 1 heteroatoms. The fraction of sp³-hybridized carbons (Fsp3) is 0.400. The van der Waals surface area contributed by atoms with E-state index in [0.29, 0.717) is 4.83 Å². The molecule has 0 fully saturated rings. The molecule has 2 aromatic rings. The van der Waals surface area contributed by atoms with Gasteiger partial charge in [0, 0.05) is 4.83 Å². The Kier molecular flexibility index (Phi) is 6.50. The van der Waals surface area contributed by atoms with Crippen LogP contribution in [0, 0.1) is 5.92 Å². The second-order valence-electron chi connectivity index (χ2n) is 5.70. The van der Waals surface area contributed by atoms with Gasteiger partial charge in [-0.05, 0) is 29.0 Å². The lowest BCUT2D eigenvalue weighted by Crippen LogP contribution is -2.06. The van der Waals surface area contributed by atoms with Crippen molar-refractivity contribution in [1.82, 2.24) is 0 Å². The molecule has 0 saturated heterocycles. The van der Waals surface area contributed by atoms with Crippen LogP contribution in [0.25, 0.3) is 11.1 Å². The molecule has 2 rings (SSSR count). The summed E-state index contributed by atoms with van der Waals surface area (Å²) in [6.45, 7) is 4.57. The summed E-state index contributed by atoms with van der Waals surface area (Å²) < 4.78 is 0. The SMILES string of the molecule is CCCCC(CC)C(Br)c1ccc(-c2ccccc2)cc1. The highest BCUT2D eigenvalue weighted by Crippen LogP contribution is 2.36. The van der Waals surface area contributed by atoms with Gasteiger partial charge in [0.2, 0.25) is 0 Å². The molecule has 0 aliphatic heterocycles. The monoisotopic (exact) mass is 344 g/mol. The van der Waals surface area contributed by atoms with Gasteiger partial charge in [0.1, 0.15) is 0 Å². The average Bonchev–Trinajstić information content (AvgIpc) is 2.56. The van der Waals surface area contributed by atoms with Gasteiger partial charge in [-0.15, -0.1) is 0 Å². The van der Waals surface area contributed by atoms with Crippen molar-refractivity contribution < 1.29 is 0 Å². The smallest absolute Gasteiger partial charge is 0.0423 e. The summed E-state index contributed by atoms with van der Waals surface area (Å²) in [5.74, 6) is 0.729. The normalized spacial score (nSPS) is 13.9. The molecule has 2 atom stereocenters. The van der Waals surface area contributed by atoms with Crippen LogP contribution < -0.4 is 0 Å². The van der Waals surface area contributed by atoms with E-state index >= 15 is 0 Å². The molecule has 0 bridgehead atoms. The van der Waals surface area contributed by atoms with E-state index in [-0.39, 0.29) is 0 Å². The van der Waals surface area contributed by atoms with E-state index in [1.165, 1.54) is 42.4 Å². The Bertz CT molecular complexity index is 515. The van der Waals surface area contributed by atoms with Crippen LogP contribution in [0.15, 0.2) is 54.6 Å². The fourth-order valence-corrected chi connectivity index (χ4v) is 3.73. The van der Waals surface area contributed by atoms with Crippen molar-refractivity contribution in [3.05, 3.63) is 60.2 Å². The predicted octanol–water partition coefficient (Wildman–Crippen LogP) is 7.01. The first kappa shape index (κ1) is 16.3. The van der Waals surface area contributed by atoms with Crippen LogP contribution >= 0.6 is 15.9 Å². The minimum absolute atomic E-state index is 0.471. The maximum Gasteiger partial charge on any atom is 0.0423 e. The molecular formula is C20H25Br. The lowest BCUT2D eigenvalue weighted by molar-refractivity contribution is 0.446. The first-order chi connectivity index (χ1) is 10.3. The van der Waals surface area contributed by atoms with Gasteiger partial charge in [-0.2, -0.15) is 0 Å². The van der Waals surface area contributed by atoms with E-state index in [1.54, 1.807) is 0 Å². The molecule has 0 aliphatic carbocycles. The molecular weight excluding hydrogens is 320 g/mol.